The van der Waals surface area contributed by atoms with Gasteiger partial charge in [0.15, 0.2) is 0 Å². The maximum atomic E-state index is 6.66. The molecule has 2 atom stereocenters. The highest BCUT2D eigenvalue weighted by Crippen LogP contribution is 2.51. The third-order valence-corrected chi connectivity index (χ3v) is 9.39. The van der Waals surface area contributed by atoms with Crippen molar-refractivity contribution in [2.45, 2.75) is 31.4 Å². The van der Waals surface area contributed by atoms with Crippen LogP contribution in [0.15, 0.2) is 114 Å². The van der Waals surface area contributed by atoms with Crippen molar-refractivity contribution >= 4 is 29.7 Å². The molecule has 0 aromatic heterocycles. The zero-order valence-electron chi connectivity index (χ0n) is 18.8. The van der Waals surface area contributed by atoms with Crippen molar-refractivity contribution < 1.29 is 4.74 Å². The smallest absolute Gasteiger partial charge is 0.217 e. The first kappa shape index (κ1) is 20.4. The van der Waals surface area contributed by atoms with Crippen molar-refractivity contribution in [3.63, 3.8) is 0 Å². The lowest BCUT2D eigenvalue weighted by molar-refractivity contribution is 0.186. The Morgan fingerprint density at radius 3 is 1.97 bits per heavy atom. The molecule has 0 saturated heterocycles. The van der Waals surface area contributed by atoms with Crippen LogP contribution in [0.2, 0.25) is 0 Å². The number of aliphatic imine (C=N–C) groups is 1. The van der Waals surface area contributed by atoms with Crippen LogP contribution < -0.4 is 15.9 Å². The second-order valence-corrected chi connectivity index (χ2v) is 11.4. The lowest BCUT2D eigenvalue weighted by Gasteiger charge is -2.23. The average Bonchev–Trinajstić information content (AvgIpc) is 3.40. The summed E-state index contributed by atoms with van der Waals surface area (Å²) in [4.78, 5) is 5.22. The van der Waals surface area contributed by atoms with Gasteiger partial charge in [-0.25, -0.2) is 4.99 Å². The maximum Gasteiger partial charge on any atom is 0.217 e. The molecular weight excluding hydrogens is 421 g/mol. The van der Waals surface area contributed by atoms with Crippen molar-refractivity contribution in [1.82, 2.24) is 0 Å². The van der Waals surface area contributed by atoms with Gasteiger partial charge < -0.3 is 4.74 Å². The molecule has 1 aliphatic carbocycles. The standard InChI is InChI=1S/C30H26NOP/c1-30(2)25-19-11-9-17-23(25)27-28(30)31-29(32-27)24-18-10-12-20-26(24)33(21-13-5-3-6-14-21)22-15-7-4-8-16-22/h3-20,27-28H,1-2H3/t27-,28-/m1/s1. The van der Waals surface area contributed by atoms with Crippen LogP contribution in [-0.4, -0.2) is 11.9 Å². The quantitative estimate of drug-likeness (QED) is 0.372. The summed E-state index contributed by atoms with van der Waals surface area (Å²) in [6.45, 7) is 4.58. The minimum absolute atomic E-state index is 0.0149. The van der Waals surface area contributed by atoms with Crippen LogP contribution in [-0.2, 0) is 10.2 Å². The van der Waals surface area contributed by atoms with Crippen LogP contribution in [0.4, 0.5) is 0 Å². The summed E-state index contributed by atoms with van der Waals surface area (Å²) in [5.41, 5.74) is 3.68. The van der Waals surface area contributed by atoms with Gasteiger partial charge in [0.1, 0.15) is 12.1 Å². The fourth-order valence-electron chi connectivity index (χ4n) is 5.24. The second kappa shape index (κ2) is 7.97. The molecule has 6 rings (SSSR count). The Hall–Kier alpha value is -3.22. The number of hydrogen-bond donors (Lipinski definition) is 0. The highest BCUT2D eigenvalue weighted by molar-refractivity contribution is 7.80. The monoisotopic (exact) mass is 447 g/mol. The second-order valence-electron chi connectivity index (χ2n) is 9.25. The third kappa shape index (κ3) is 3.33. The van der Waals surface area contributed by atoms with Crippen molar-refractivity contribution in [3.8, 4) is 0 Å². The molecule has 162 valence electrons. The van der Waals surface area contributed by atoms with E-state index in [1.807, 2.05) is 0 Å². The molecule has 1 aliphatic heterocycles. The average molecular weight is 448 g/mol. The predicted octanol–water partition coefficient (Wildman–Crippen LogP) is 5.62. The Balaban J connectivity index is 1.47. The Bertz CT molecular complexity index is 1290. The van der Waals surface area contributed by atoms with Crippen molar-refractivity contribution in [2.75, 3.05) is 0 Å². The minimum Gasteiger partial charge on any atom is -0.467 e. The molecule has 0 saturated carbocycles. The van der Waals surface area contributed by atoms with Gasteiger partial charge in [-0.05, 0) is 41.0 Å². The summed E-state index contributed by atoms with van der Waals surface area (Å²) in [6.07, 6.45) is -0.0149. The molecule has 0 amide bonds. The summed E-state index contributed by atoms with van der Waals surface area (Å²) in [5.74, 6) is 0.780. The maximum absolute atomic E-state index is 6.66. The van der Waals surface area contributed by atoms with Crippen LogP contribution in [0.25, 0.3) is 0 Å². The van der Waals surface area contributed by atoms with E-state index in [4.69, 9.17) is 9.73 Å². The van der Waals surface area contributed by atoms with Crippen LogP contribution >= 0.6 is 7.92 Å². The molecule has 0 radical (unpaired) electrons. The molecule has 2 aliphatic rings. The highest BCUT2D eigenvalue weighted by Gasteiger charge is 2.51. The van der Waals surface area contributed by atoms with Crippen molar-refractivity contribution in [1.29, 1.82) is 0 Å². The molecule has 3 heteroatoms. The molecule has 2 nitrogen and oxygen atoms in total. The van der Waals surface area contributed by atoms with Crippen molar-refractivity contribution in [2.24, 2.45) is 4.99 Å². The van der Waals surface area contributed by atoms with Gasteiger partial charge in [-0.15, -0.1) is 0 Å². The van der Waals surface area contributed by atoms with E-state index < -0.39 is 7.92 Å². The topological polar surface area (TPSA) is 21.6 Å². The number of benzene rings is 4. The van der Waals surface area contributed by atoms with Crippen LogP contribution in [0.5, 0.6) is 0 Å². The van der Waals surface area contributed by atoms with Gasteiger partial charge in [0, 0.05) is 11.0 Å². The molecule has 0 unspecified atom stereocenters. The SMILES string of the molecule is CC1(C)c2ccccc2[C@H]2OC(c3ccccc3P(c3ccccc3)c3ccccc3)=N[C@H]21. The number of ether oxygens (including phenoxy) is 1. The van der Waals surface area contributed by atoms with Gasteiger partial charge >= 0.3 is 0 Å². The number of fused-ring (bicyclic) bond motifs is 3. The van der Waals surface area contributed by atoms with Gasteiger partial charge in [-0.1, -0.05) is 117 Å². The molecule has 0 N–H and O–H groups in total. The van der Waals surface area contributed by atoms with E-state index in [1.54, 1.807) is 0 Å². The first-order valence-electron chi connectivity index (χ1n) is 11.5. The van der Waals surface area contributed by atoms with Crippen molar-refractivity contribution in [3.05, 3.63) is 126 Å². The molecule has 4 aromatic carbocycles. The Morgan fingerprint density at radius 2 is 1.27 bits per heavy atom. The van der Waals surface area contributed by atoms with Crippen LogP contribution in [0.1, 0.15) is 36.6 Å². The minimum atomic E-state index is -0.735. The lowest BCUT2D eigenvalue weighted by atomic mass is 9.83. The zero-order valence-corrected chi connectivity index (χ0v) is 19.7. The summed E-state index contributed by atoms with van der Waals surface area (Å²) in [5, 5.41) is 3.95. The number of nitrogens with zero attached hydrogens (tertiary/aromatic N) is 1. The van der Waals surface area contributed by atoms with Gasteiger partial charge in [0.25, 0.3) is 0 Å². The summed E-state index contributed by atoms with van der Waals surface area (Å²) in [6, 6.07) is 39.0. The zero-order chi connectivity index (χ0) is 22.4. The summed E-state index contributed by atoms with van der Waals surface area (Å²) in [7, 11) is -0.735. The Morgan fingerprint density at radius 1 is 0.697 bits per heavy atom. The first-order chi connectivity index (χ1) is 16.1. The number of hydrogen-bond acceptors (Lipinski definition) is 2. The summed E-state index contributed by atoms with van der Waals surface area (Å²) < 4.78 is 6.66. The van der Waals surface area contributed by atoms with Crippen LogP contribution in [0, 0.1) is 0 Å². The predicted molar refractivity (Wildman–Crippen MR) is 139 cm³/mol. The fourth-order valence-corrected chi connectivity index (χ4v) is 7.68. The van der Waals surface area contributed by atoms with E-state index in [9.17, 15) is 0 Å². The molecular formula is C30H26NOP. The molecule has 1 heterocycles. The molecule has 4 aromatic rings. The number of rotatable bonds is 4. The van der Waals surface area contributed by atoms with E-state index in [0.29, 0.717) is 0 Å². The van der Waals surface area contributed by atoms with Gasteiger partial charge in [0.05, 0.1) is 0 Å². The highest BCUT2D eigenvalue weighted by atomic mass is 31.1. The molecule has 0 bridgehead atoms. The molecule has 0 spiro atoms. The van der Waals surface area contributed by atoms with Gasteiger partial charge in [-0.3, -0.25) is 0 Å². The molecule has 33 heavy (non-hydrogen) atoms. The van der Waals surface area contributed by atoms with E-state index in [0.717, 1.165) is 11.5 Å². The lowest BCUT2D eigenvalue weighted by Crippen LogP contribution is -2.28. The van der Waals surface area contributed by atoms with E-state index in [1.165, 1.54) is 27.0 Å². The van der Waals surface area contributed by atoms with Gasteiger partial charge in [0.2, 0.25) is 5.90 Å². The Labute approximate surface area is 196 Å². The summed E-state index contributed by atoms with van der Waals surface area (Å²) >= 11 is 0. The third-order valence-electron chi connectivity index (χ3n) is 6.89. The Kier molecular flexibility index (Phi) is 4.93. The largest absolute Gasteiger partial charge is 0.467 e. The van der Waals surface area contributed by atoms with E-state index in [2.05, 4.69) is 123 Å². The van der Waals surface area contributed by atoms with E-state index >= 15 is 0 Å². The van der Waals surface area contributed by atoms with E-state index in [-0.39, 0.29) is 17.6 Å². The van der Waals surface area contributed by atoms with Crippen LogP contribution in [0.3, 0.4) is 0 Å². The molecule has 0 fully saturated rings. The first-order valence-corrected chi connectivity index (χ1v) is 12.8. The van der Waals surface area contributed by atoms with Gasteiger partial charge in [-0.2, -0.15) is 0 Å². The normalized spacial score (nSPS) is 20.2. The fraction of sp³-hybridized carbons (Fsp3) is 0.167.